The molecule has 0 aromatic heterocycles. The molecule has 0 aliphatic heterocycles. The molecule has 0 saturated heterocycles. The van der Waals surface area contributed by atoms with Gasteiger partial charge in [-0.25, -0.2) is 0 Å². The number of nitrogens with zero attached hydrogens (tertiary/aromatic N) is 1. The average Bonchev–Trinajstić information content (AvgIpc) is 1.55. The molecule has 7 heavy (non-hydrogen) atoms. The van der Waals surface area contributed by atoms with E-state index in [0.717, 1.165) is 12.1 Å². The lowest BCUT2D eigenvalue weighted by atomic mass is 10.1. The molecule has 0 heterocycles. The molecule has 38 valence electrons. The molecule has 0 aromatic rings. The highest BCUT2D eigenvalue weighted by Gasteiger charge is 1.98. The second kappa shape index (κ2) is 1.78. The molecule has 0 spiro atoms. The SMILES string of the molecule is CON=C1C=CC1. The minimum absolute atomic E-state index is 0.966. The summed E-state index contributed by atoms with van der Waals surface area (Å²) < 4.78 is 0. The number of allylic oxidation sites excluding steroid dienone is 2. The second-order valence-corrected chi connectivity index (χ2v) is 1.37. The molecule has 0 fully saturated rings. The van der Waals surface area contributed by atoms with Crippen LogP contribution in [0.25, 0.3) is 0 Å². The summed E-state index contributed by atoms with van der Waals surface area (Å²) in [7, 11) is 1.55. The van der Waals surface area contributed by atoms with Crippen molar-refractivity contribution < 1.29 is 4.84 Å². The molecule has 2 heteroatoms. The highest BCUT2D eigenvalue weighted by molar-refractivity contribution is 6.01. The third-order valence-corrected chi connectivity index (χ3v) is 0.846. The van der Waals surface area contributed by atoms with Crippen molar-refractivity contribution in [3.63, 3.8) is 0 Å². The number of hydrogen-bond donors (Lipinski definition) is 0. The molecule has 0 unspecified atom stereocenters. The van der Waals surface area contributed by atoms with Gasteiger partial charge in [-0.3, -0.25) is 0 Å². The van der Waals surface area contributed by atoms with Crippen LogP contribution in [0.2, 0.25) is 0 Å². The van der Waals surface area contributed by atoms with E-state index in [1.807, 2.05) is 12.2 Å². The summed E-state index contributed by atoms with van der Waals surface area (Å²) in [5, 5.41) is 3.66. The Balaban J connectivity index is 2.40. The fourth-order valence-electron chi connectivity index (χ4n) is 0.408. The number of oxime groups is 1. The maximum atomic E-state index is 4.48. The minimum atomic E-state index is 0.966. The molecule has 0 aromatic carbocycles. The van der Waals surface area contributed by atoms with Crippen molar-refractivity contribution in [3.05, 3.63) is 12.2 Å². The Bertz CT molecular complexity index is 115. The van der Waals surface area contributed by atoms with Gasteiger partial charge < -0.3 is 4.84 Å². The number of hydrogen-bond acceptors (Lipinski definition) is 2. The lowest BCUT2D eigenvalue weighted by molar-refractivity contribution is 0.213. The molecule has 1 aliphatic rings. The molecule has 0 bridgehead atoms. The normalized spacial score (nSPS) is 22.1. The zero-order valence-electron chi connectivity index (χ0n) is 4.22. The van der Waals surface area contributed by atoms with Gasteiger partial charge in [0.05, 0.1) is 5.71 Å². The molecule has 2 nitrogen and oxygen atoms in total. The predicted molar refractivity (Wildman–Crippen MR) is 28.2 cm³/mol. The molecule has 0 radical (unpaired) electrons. The van der Waals surface area contributed by atoms with Crippen LogP contribution in [-0.4, -0.2) is 12.8 Å². The third kappa shape index (κ3) is 0.796. The van der Waals surface area contributed by atoms with Gasteiger partial charge in [-0.05, 0) is 6.08 Å². The summed E-state index contributed by atoms with van der Waals surface area (Å²) in [6, 6.07) is 0. The van der Waals surface area contributed by atoms with Crippen LogP contribution >= 0.6 is 0 Å². The van der Waals surface area contributed by atoms with Crippen molar-refractivity contribution in [1.82, 2.24) is 0 Å². The van der Waals surface area contributed by atoms with Gasteiger partial charge in [0.2, 0.25) is 0 Å². The van der Waals surface area contributed by atoms with Gasteiger partial charge in [0.25, 0.3) is 0 Å². The maximum absolute atomic E-state index is 4.48. The van der Waals surface area contributed by atoms with Crippen molar-refractivity contribution in [3.8, 4) is 0 Å². The van der Waals surface area contributed by atoms with E-state index in [9.17, 15) is 0 Å². The molecule has 0 saturated carbocycles. The van der Waals surface area contributed by atoms with E-state index < -0.39 is 0 Å². The molecule has 0 atom stereocenters. The molecular formula is C5H7NO. The van der Waals surface area contributed by atoms with E-state index in [4.69, 9.17) is 0 Å². The summed E-state index contributed by atoms with van der Waals surface area (Å²) in [4.78, 5) is 4.48. The fraction of sp³-hybridized carbons (Fsp3) is 0.400. The average molecular weight is 97.1 g/mol. The Labute approximate surface area is 42.5 Å². The zero-order chi connectivity index (χ0) is 5.11. The summed E-state index contributed by atoms with van der Waals surface area (Å²) in [5.41, 5.74) is 1.03. The highest BCUT2D eigenvalue weighted by atomic mass is 16.6. The van der Waals surface area contributed by atoms with E-state index in [1.54, 1.807) is 7.11 Å². The summed E-state index contributed by atoms with van der Waals surface area (Å²) >= 11 is 0. The van der Waals surface area contributed by atoms with Crippen molar-refractivity contribution in [1.29, 1.82) is 0 Å². The van der Waals surface area contributed by atoms with Gasteiger partial charge in [-0.15, -0.1) is 0 Å². The second-order valence-electron chi connectivity index (χ2n) is 1.37. The third-order valence-electron chi connectivity index (χ3n) is 0.846. The van der Waals surface area contributed by atoms with E-state index in [1.165, 1.54) is 0 Å². The van der Waals surface area contributed by atoms with Crippen molar-refractivity contribution in [2.24, 2.45) is 5.16 Å². The van der Waals surface area contributed by atoms with Crippen LogP contribution in [0.15, 0.2) is 17.3 Å². The Hall–Kier alpha value is -0.790. The molecule has 0 amide bonds. The van der Waals surface area contributed by atoms with Gasteiger partial charge in [0.1, 0.15) is 7.11 Å². The van der Waals surface area contributed by atoms with Crippen molar-refractivity contribution >= 4 is 5.71 Å². The molecule has 0 N–H and O–H groups in total. The highest BCUT2D eigenvalue weighted by Crippen LogP contribution is 2.01. The largest absolute Gasteiger partial charge is 0.399 e. The zero-order valence-corrected chi connectivity index (χ0v) is 4.22. The first-order valence-electron chi connectivity index (χ1n) is 2.20. The number of rotatable bonds is 1. The maximum Gasteiger partial charge on any atom is 0.106 e. The smallest absolute Gasteiger partial charge is 0.106 e. The molecular weight excluding hydrogens is 90.1 g/mol. The van der Waals surface area contributed by atoms with Gasteiger partial charge in [-0.2, -0.15) is 0 Å². The Morgan fingerprint density at radius 3 is 2.71 bits per heavy atom. The quantitative estimate of drug-likeness (QED) is 0.446. The first-order valence-corrected chi connectivity index (χ1v) is 2.20. The van der Waals surface area contributed by atoms with Gasteiger partial charge in [-0.1, -0.05) is 11.2 Å². The van der Waals surface area contributed by atoms with E-state index >= 15 is 0 Å². The monoisotopic (exact) mass is 97.1 g/mol. The Kier molecular flexibility index (Phi) is 1.11. The minimum Gasteiger partial charge on any atom is -0.399 e. The first-order chi connectivity index (χ1) is 3.43. The summed E-state index contributed by atoms with van der Waals surface area (Å²) in [6.07, 6.45) is 4.94. The van der Waals surface area contributed by atoms with Crippen LogP contribution < -0.4 is 0 Å². The Morgan fingerprint density at radius 1 is 1.86 bits per heavy atom. The first kappa shape index (κ1) is 4.37. The molecule has 1 rings (SSSR count). The summed E-state index contributed by atoms with van der Waals surface area (Å²) in [6.45, 7) is 0. The van der Waals surface area contributed by atoms with E-state index in [2.05, 4.69) is 9.99 Å². The Morgan fingerprint density at radius 2 is 2.57 bits per heavy atom. The predicted octanol–water partition coefficient (Wildman–Crippen LogP) is 0.949. The van der Waals surface area contributed by atoms with Gasteiger partial charge in [0.15, 0.2) is 0 Å². The van der Waals surface area contributed by atoms with Crippen LogP contribution in [-0.2, 0) is 4.84 Å². The standard InChI is InChI=1S/C5H7NO/c1-7-6-5-3-2-4-5/h2-3H,4H2,1H3. The fourth-order valence-corrected chi connectivity index (χ4v) is 0.408. The molecule has 1 aliphatic carbocycles. The van der Waals surface area contributed by atoms with Gasteiger partial charge >= 0.3 is 0 Å². The van der Waals surface area contributed by atoms with Crippen LogP contribution in [0.5, 0.6) is 0 Å². The summed E-state index contributed by atoms with van der Waals surface area (Å²) in [5.74, 6) is 0. The van der Waals surface area contributed by atoms with Crippen molar-refractivity contribution in [2.45, 2.75) is 6.42 Å². The van der Waals surface area contributed by atoms with E-state index in [-0.39, 0.29) is 0 Å². The van der Waals surface area contributed by atoms with Crippen molar-refractivity contribution in [2.75, 3.05) is 7.11 Å². The van der Waals surface area contributed by atoms with Crippen LogP contribution in [0.3, 0.4) is 0 Å². The van der Waals surface area contributed by atoms with Crippen LogP contribution in [0, 0.1) is 0 Å². The lowest BCUT2D eigenvalue weighted by Gasteiger charge is -2.01. The topological polar surface area (TPSA) is 21.6 Å². The van der Waals surface area contributed by atoms with E-state index in [0.29, 0.717) is 0 Å². The van der Waals surface area contributed by atoms with Crippen LogP contribution in [0.4, 0.5) is 0 Å². The van der Waals surface area contributed by atoms with Crippen LogP contribution in [0.1, 0.15) is 6.42 Å². The van der Waals surface area contributed by atoms with Gasteiger partial charge in [0, 0.05) is 6.42 Å². The lowest BCUT2D eigenvalue weighted by Crippen LogP contribution is -1.99.